The molecule has 0 N–H and O–H groups in total. The molecule has 0 spiro atoms. The number of furan rings is 2. The van der Waals surface area contributed by atoms with Crippen LogP contribution < -0.4 is 0 Å². The van der Waals surface area contributed by atoms with Gasteiger partial charge in [-0.25, -0.2) is 4.98 Å². The van der Waals surface area contributed by atoms with Gasteiger partial charge in [-0.2, -0.15) is 0 Å². The molecule has 11 aromatic rings. The van der Waals surface area contributed by atoms with Crippen molar-refractivity contribution in [3.63, 3.8) is 0 Å². The predicted molar refractivity (Wildman–Crippen MR) is 216 cm³/mol. The summed E-state index contributed by atoms with van der Waals surface area (Å²) in [5.41, 5.74) is 12.9. The lowest BCUT2D eigenvalue weighted by Gasteiger charge is -2.16. The van der Waals surface area contributed by atoms with Crippen LogP contribution in [0.5, 0.6) is 0 Å². The SMILES string of the molecule is c1ccc(-c2cc(-c3cc(-c4cccc5c4oc4ccccc45)cc(-c4cccc5c4oc4ccccc45)c3)c3c(ccc4ccccc43)n2)cc1. The largest absolute Gasteiger partial charge is 0.455 e. The zero-order valence-corrected chi connectivity index (χ0v) is 28.0. The zero-order valence-electron chi connectivity index (χ0n) is 28.0. The Morgan fingerprint density at radius 1 is 0.346 bits per heavy atom. The molecule has 52 heavy (non-hydrogen) atoms. The molecule has 3 heteroatoms. The van der Waals surface area contributed by atoms with Gasteiger partial charge in [-0.3, -0.25) is 0 Å². The van der Waals surface area contributed by atoms with Crippen molar-refractivity contribution in [3.8, 4) is 44.6 Å². The van der Waals surface area contributed by atoms with E-state index in [0.29, 0.717) is 0 Å². The van der Waals surface area contributed by atoms with Gasteiger partial charge in [-0.1, -0.05) is 133 Å². The highest BCUT2D eigenvalue weighted by molar-refractivity contribution is 6.16. The van der Waals surface area contributed by atoms with Crippen LogP contribution in [0.25, 0.3) is 110 Å². The van der Waals surface area contributed by atoms with Gasteiger partial charge in [0, 0.05) is 43.6 Å². The van der Waals surface area contributed by atoms with Crippen LogP contribution in [-0.2, 0) is 0 Å². The molecule has 242 valence electrons. The van der Waals surface area contributed by atoms with Crippen LogP contribution in [0.2, 0.25) is 0 Å². The third kappa shape index (κ3) is 4.43. The molecule has 0 bridgehead atoms. The van der Waals surface area contributed by atoms with Gasteiger partial charge < -0.3 is 8.83 Å². The fraction of sp³-hybridized carbons (Fsp3) is 0. The van der Waals surface area contributed by atoms with Crippen molar-refractivity contribution in [3.05, 3.63) is 176 Å². The molecule has 0 fully saturated rings. The Balaban J connectivity index is 1.26. The van der Waals surface area contributed by atoms with E-state index in [2.05, 4.69) is 146 Å². The number of para-hydroxylation sites is 4. The van der Waals surface area contributed by atoms with E-state index >= 15 is 0 Å². The first-order chi connectivity index (χ1) is 25.8. The molecule has 0 aliphatic heterocycles. The Morgan fingerprint density at radius 2 is 0.865 bits per heavy atom. The number of nitrogens with zero attached hydrogens (tertiary/aromatic N) is 1. The van der Waals surface area contributed by atoms with Gasteiger partial charge in [0.1, 0.15) is 22.3 Å². The van der Waals surface area contributed by atoms with Gasteiger partial charge in [0.15, 0.2) is 0 Å². The molecule has 0 radical (unpaired) electrons. The molecule has 0 saturated carbocycles. The summed E-state index contributed by atoms with van der Waals surface area (Å²) in [5.74, 6) is 0. The van der Waals surface area contributed by atoms with Gasteiger partial charge in [-0.05, 0) is 75.5 Å². The van der Waals surface area contributed by atoms with E-state index in [4.69, 9.17) is 13.8 Å². The average Bonchev–Trinajstić information content (AvgIpc) is 3.79. The smallest absolute Gasteiger partial charge is 0.143 e. The molecule has 0 aliphatic rings. The highest BCUT2D eigenvalue weighted by atomic mass is 16.3. The van der Waals surface area contributed by atoms with Crippen molar-refractivity contribution in [2.45, 2.75) is 0 Å². The Kier molecular flexibility index (Phi) is 6.25. The number of fused-ring (bicyclic) bond motifs is 9. The van der Waals surface area contributed by atoms with Gasteiger partial charge in [-0.15, -0.1) is 0 Å². The summed E-state index contributed by atoms with van der Waals surface area (Å²) in [6.45, 7) is 0. The van der Waals surface area contributed by atoms with Crippen molar-refractivity contribution in [2.24, 2.45) is 0 Å². The third-order valence-electron chi connectivity index (χ3n) is 10.4. The minimum absolute atomic E-state index is 0.878. The van der Waals surface area contributed by atoms with E-state index in [-0.39, 0.29) is 0 Å². The van der Waals surface area contributed by atoms with Gasteiger partial charge in [0.25, 0.3) is 0 Å². The maximum absolute atomic E-state index is 6.62. The Labute approximate surface area is 299 Å². The van der Waals surface area contributed by atoms with E-state index in [1.54, 1.807) is 0 Å². The number of hydrogen-bond acceptors (Lipinski definition) is 3. The topological polar surface area (TPSA) is 39.2 Å². The number of benzene rings is 8. The highest BCUT2D eigenvalue weighted by Gasteiger charge is 2.19. The molecule has 3 aromatic heterocycles. The van der Waals surface area contributed by atoms with E-state index < -0.39 is 0 Å². The summed E-state index contributed by atoms with van der Waals surface area (Å²) < 4.78 is 13.2. The Hall–Kier alpha value is -6.97. The molecule has 0 aliphatic carbocycles. The number of hydrogen-bond donors (Lipinski definition) is 0. The lowest BCUT2D eigenvalue weighted by molar-refractivity contribution is 0.670. The summed E-state index contributed by atoms with van der Waals surface area (Å²) in [5, 5.41) is 7.92. The summed E-state index contributed by atoms with van der Waals surface area (Å²) in [7, 11) is 0. The first kappa shape index (κ1) is 28.8. The molecular weight excluding hydrogens is 635 g/mol. The van der Waals surface area contributed by atoms with Crippen LogP contribution in [0.15, 0.2) is 185 Å². The van der Waals surface area contributed by atoms with E-state index in [9.17, 15) is 0 Å². The number of rotatable bonds is 4. The van der Waals surface area contributed by atoms with Crippen molar-refractivity contribution in [2.75, 3.05) is 0 Å². The monoisotopic (exact) mass is 663 g/mol. The van der Waals surface area contributed by atoms with Gasteiger partial charge in [0.05, 0.1) is 11.2 Å². The third-order valence-corrected chi connectivity index (χ3v) is 10.4. The summed E-state index contributed by atoms with van der Waals surface area (Å²) in [4.78, 5) is 5.24. The Bertz CT molecular complexity index is 3050. The minimum Gasteiger partial charge on any atom is -0.455 e. The zero-order chi connectivity index (χ0) is 34.2. The highest BCUT2D eigenvalue weighted by Crippen LogP contribution is 2.44. The second-order valence-corrected chi connectivity index (χ2v) is 13.5. The second kappa shape index (κ2) is 11.3. The quantitative estimate of drug-likeness (QED) is 0.176. The molecule has 0 atom stereocenters. The predicted octanol–water partition coefficient (Wildman–Crippen LogP) is 13.9. The molecule has 0 saturated heterocycles. The fourth-order valence-corrected chi connectivity index (χ4v) is 8.03. The van der Waals surface area contributed by atoms with Crippen LogP contribution in [0.3, 0.4) is 0 Å². The van der Waals surface area contributed by atoms with Crippen molar-refractivity contribution in [1.82, 2.24) is 4.98 Å². The van der Waals surface area contributed by atoms with Crippen LogP contribution in [0, 0.1) is 0 Å². The molecule has 0 unspecified atom stereocenters. The molecule has 8 aromatic carbocycles. The lowest BCUT2D eigenvalue weighted by Crippen LogP contribution is -1.93. The van der Waals surface area contributed by atoms with Crippen molar-refractivity contribution in [1.29, 1.82) is 0 Å². The molecular formula is C49H29NO2. The normalized spacial score (nSPS) is 11.8. The van der Waals surface area contributed by atoms with Crippen molar-refractivity contribution >= 4 is 65.6 Å². The molecule has 3 nitrogen and oxygen atoms in total. The second-order valence-electron chi connectivity index (χ2n) is 13.5. The van der Waals surface area contributed by atoms with Crippen LogP contribution in [0.4, 0.5) is 0 Å². The van der Waals surface area contributed by atoms with Gasteiger partial charge >= 0.3 is 0 Å². The maximum Gasteiger partial charge on any atom is 0.143 e. The van der Waals surface area contributed by atoms with Gasteiger partial charge in [0.2, 0.25) is 0 Å². The standard InChI is InChI=1S/C49H29NO2/c1-2-13-31(14-3-1)44-29-42(47-35-15-5-4-12-30(35)24-25-43(47)50-44)34-27-32(36-18-10-20-40-38-16-6-8-22-45(38)51-48(36)40)26-33(28-34)37-19-11-21-41-39-17-7-9-23-46(39)52-49(37)41/h1-29H. The van der Waals surface area contributed by atoms with E-state index in [1.165, 1.54) is 10.8 Å². The minimum atomic E-state index is 0.878. The fourth-order valence-electron chi connectivity index (χ4n) is 8.03. The summed E-state index contributed by atoms with van der Waals surface area (Å²) >= 11 is 0. The first-order valence-electron chi connectivity index (χ1n) is 17.6. The van der Waals surface area contributed by atoms with Crippen LogP contribution in [-0.4, -0.2) is 4.98 Å². The average molecular weight is 664 g/mol. The number of aromatic nitrogens is 1. The number of pyridine rings is 1. The molecule has 0 amide bonds. The Morgan fingerprint density at radius 3 is 1.50 bits per heavy atom. The maximum atomic E-state index is 6.62. The van der Waals surface area contributed by atoms with Crippen LogP contribution >= 0.6 is 0 Å². The molecule has 3 heterocycles. The van der Waals surface area contributed by atoms with Crippen LogP contribution in [0.1, 0.15) is 0 Å². The van der Waals surface area contributed by atoms with E-state index in [0.717, 1.165) is 99.4 Å². The summed E-state index contributed by atoms with van der Waals surface area (Å²) in [6, 6.07) is 62.0. The van der Waals surface area contributed by atoms with Crippen molar-refractivity contribution < 1.29 is 8.83 Å². The first-order valence-corrected chi connectivity index (χ1v) is 17.6. The lowest BCUT2D eigenvalue weighted by atomic mass is 9.89. The van der Waals surface area contributed by atoms with E-state index in [1.807, 2.05) is 30.3 Å². The molecule has 11 rings (SSSR count). The summed E-state index contributed by atoms with van der Waals surface area (Å²) in [6.07, 6.45) is 0.